The summed E-state index contributed by atoms with van der Waals surface area (Å²) in [5.41, 5.74) is 1.56. The molecule has 1 amide bonds. The fourth-order valence-electron chi connectivity index (χ4n) is 2.06. The fourth-order valence-corrected chi connectivity index (χ4v) is 2.77. The largest absolute Gasteiger partial charge is 0.452 e. The van der Waals surface area contributed by atoms with E-state index in [0.717, 1.165) is 5.56 Å². The molecule has 0 radical (unpaired) electrons. The van der Waals surface area contributed by atoms with Gasteiger partial charge in [0.2, 0.25) is 0 Å². The molecule has 0 aromatic heterocycles. The molecule has 0 unspecified atom stereocenters. The second-order valence-corrected chi connectivity index (χ2v) is 6.55. The summed E-state index contributed by atoms with van der Waals surface area (Å²) in [4.78, 5) is 23.4. The molecule has 2 rings (SSSR count). The Morgan fingerprint density at radius 3 is 2.54 bits per heavy atom. The van der Waals surface area contributed by atoms with Crippen LogP contribution in [0.2, 0.25) is 15.1 Å². The van der Waals surface area contributed by atoms with Crippen LogP contribution in [0.3, 0.4) is 0 Å². The quantitative estimate of drug-likeness (QED) is 0.536. The lowest BCUT2D eigenvalue weighted by Crippen LogP contribution is -2.30. The van der Waals surface area contributed by atoms with Gasteiger partial charge in [0, 0.05) is 27.7 Å². The maximum atomic E-state index is 11.7. The number of hydrogen-bond donors (Lipinski definition) is 1. The first-order valence-corrected chi connectivity index (χ1v) is 8.89. The molecule has 136 valence electrons. The van der Waals surface area contributed by atoms with E-state index in [1.54, 1.807) is 42.5 Å². The predicted molar refractivity (Wildman–Crippen MR) is 105 cm³/mol. The molecular weight excluding hydrogens is 397 g/mol. The van der Waals surface area contributed by atoms with Crippen molar-refractivity contribution in [2.24, 2.45) is 0 Å². The van der Waals surface area contributed by atoms with E-state index >= 15 is 0 Å². The van der Waals surface area contributed by atoms with Gasteiger partial charge >= 0.3 is 5.97 Å². The van der Waals surface area contributed by atoms with Gasteiger partial charge in [-0.25, -0.2) is 4.79 Å². The van der Waals surface area contributed by atoms with Crippen LogP contribution in [0.5, 0.6) is 0 Å². The molecule has 0 aliphatic carbocycles. The standard InChI is InChI=1S/C19H16Cl3NO3/c20-15-7-5-14(17(22)11-15)9-10-23-18(24)12-26-19(25)8-6-13-3-1-2-4-16(13)21/h1-8,11H,9-10,12H2,(H,23,24)/b8-6+. The minimum atomic E-state index is -0.624. The van der Waals surface area contributed by atoms with E-state index in [4.69, 9.17) is 39.5 Å². The summed E-state index contributed by atoms with van der Waals surface area (Å²) in [6.07, 6.45) is 3.30. The summed E-state index contributed by atoms with van der Waals surface area (Å²) in [6, 6.07) is 12.3. The SMILES string of the molecule is O=C(COC(=O)/C=C/c1ccccc1Cl)NCCc1ccc(Cl)cc1Cl. The van der Waals surface area contributed by atoms with Crippen LogP contribution in [-0.4, -0.2) is 25.0 Å². The van der Waals surface area contributed by atoms with Crippen LogP contribution < -0.4 is 5.32 Å². The van der Waals surface area contributed by atoms with E-state index in [2.05, 4.69) is 5.32 Å². The molecule has 0 fully saturated rings. The highest BCUT2D eigenvalue weighted by atomic mass is 35.5. The molecule has 0 saturated carbocycles. The zero-order chi connectivity index (χ0) is 18.9. The Morgan fingerprint density at radius 1 is 1.04 bits per heavy atom. The number of benzene rings is 2. The molecule has 0 spiro atoms. The van der Waals surface area contributed by atoms with Crippen LogP contribution >= 0.6 is 34.8 Å². The van der Waals surface area contributed by atoms with Gasteiger partial charge in [-0.05, 0) is 41.8 Å². The molecule has 4 nitrogen and oxygen atoms in total. The first kappa shape index (κ1) is 20.3. The van der Waals surface area contributed by atoms with Crippen molar-refractivity contribution in [1.82, 2.24) is 5.32 Å². The third-order valence-electron chi connectivity index (χ3n) is 3.38. The average Bonchev–Trinajstić information content (AvgIpc) is 2.61. The van der Waals surface area contributed by atoms with Crippen molar-refractivity contribution in [1.29, 1.82) is 0 Å². The maximum Gasteiger partial charge on any atom is 0.331 e. The second-order valence-electron chi connectivity index (χ2n) is 5.30. The van der Waals surface area contributed by atoms with Crippen molar-refractivity contribution in [3.63, 3.8) is 0 Å². The number of halogens is 3. The van der Waals surface area contributed by atoms with Crippen molar-refractivity contribution in [2.45, 2.75) is 6.42 Å². The monoisotopic (exact) mass is 411 g/mol. The zero-order valence-electron chi connectivity index (χ0n) is 13.7. The van der Waals surface area contributed by atoms with Crippen molar-refractivity contribution in [3.05, 3.63) is 74.7 Å². The first-order valence-electron chi connectivity index (χ1n) is 7.75. The zero-order valence-corrected chi connectivity index (χ0v) is 15.9. The van der Waals surface area contributed by atoms with Crippen LogP contribution in [0.4, 0.5) is 0 Å². The topological polar surface area (TPSA) is 55.4 Å². The van der Waals surface area contributed by atoms with Crippen LogP contribution in [0.1, 0.15) is 11.1 Å². The van der Waals surface area contributed by atoms with E-state index in [1.807, 2.05) is 0 Å². The van der Waals surface area contributed by atoms with Crippen molar-refractivity contribution in [2.75, 3.05) is 13.2 Å². The number of hydrogen-bond acceptors (Lipinski definition) is 3. The first-order chi connectivity index (χ1) is 12.5. The van der Waals surface area contributed by atoms with Gasteiger partial charge in [-0.2, -0.15) is 0 Å². The Labute approximate surface area is 166 Å². The summed E-state index contributed by atoms with van der Waals surface area (Å²) in [7, 11) is 0. The summed E-state index contributed by atoms with van der Waals surface area (Å²) in [6.45, 7) is 0.00719. The van der Waals surface area contributed by atoms with Crippen LogP contribution in [0.15, 0.2) is 48.5 Å². The number of rotatable bonds is 7. The molecule has 0 aliphatic rings. The van der Waals surface area contributed by atoms with E-state index in [1.165, 1.54) is 12.2 Å². The van der Waals surface area contributed by atoms with Gasteiger partial charge in [0.25, 0.3) is 5.91 Å². The molecule has 0 bridgehead atoms. The van der Waals surface area contributed by atoms with Crippen molar-refractivity contribution >= 4 is 52.8 Å². The number of amides is 1. The average molecular weight is 413 g/mol. The van der Waals surface area contributed by atoms with Gasteiger partial charge in [0.1, 0.15) is 0 Å². The lowest BCUT2D eigenvalue weighted by atomic mass is 10.1. The van der Waals surface area contributed by atoms with Crippen LogP contribution in [0.25, 0.3) is 6.08 Å². The molecule has 7 heteroatoms. The minimum absolute atomic E-state index is 0.361. The summed E-state index contributed by atoms with van der Waals surface area (Å²) in [5.74, 6) is -1.02. The normalized spacial score (nSPS) is 10.7. The summed E-state index contributed by atoms with van der Waals surface area (Å²) < 4.78 is 4.88. The molecule has 2 aromatic carbocycles. The molecule has 0 aliphatic heterocycles. The summed E-state index contributed by atoms with van der Waals surface area (Å²) in [5, 5.41) is 4.28. The number of esters is 1. The Morgan fingerprint density at radius 2 is 1.81 bits per heavy atom. The highest BCUT2D eigenvalue weighted by molar-refractivity contribution is 6.35. The molecule has 0 heterocycles. The van der Waals surface area contributed by atoms with E-state index in [-0.39, 0.29) is 6.61 Å². The van der Waals surface area contributed by atoms with Crippen LogP contribution in [0, 0.1) is 0 Å². The third kappa shape index (κ3) is 6.71. The van der Waals surface area contributed by atoms with Gasteiger partial charge in [0.15, 0.2) is 6.61 Å². The molecular formula is C19H16Cl3NO3. The van der Waals surface area contributed by atoms with Gasteiger partial charge in [-0.3, -0.25) is 4.79 Å². The molecule has 2 aromatic rings. The Hall–Kier alpha value is -2.01. The molecule has 26 heavy (non-hydrogen) atoms. The van der Waals surface area contributed by atoms with E-state index in [9.17, 15) is 9.59 Å². The summed E-state index contributed by atoms with van der Waals surface area (Å²) >= 11 is 17.9. The number of nitrogens with one attached hydrogen (secondary N) is 1. The fraction of sp³-hybridized carbons (Fsp3) is 0.158. The molecule has 1 N–H and O–H groups in total. The number of carbonyl (C=O) groups excluding carboxylic acids is 2. The second kappa shape index (κ2) is 10.2. The molecule has 0 atom stereocenters. The van der Waals surface area contributed by atoms with E-state index in [0.29, 0.717) is 33.6 Å². The van der Waals surface area contributed by atoms with Crippen molar-refractivity contribution in [3.8, 4) is 0 Å². The van der Waals surface area contributed by atoms with Gasteiger partial charge < -0.3 is 10.1 Å². The lowest BCUT2D eigenvalue weighted by Gasteiger charge is -2.07. The number of ether oxygens (including phenoxy) is 1. The highest BCUT2D eigenvalue weighted by Crippen LogP contribution is 2.21. The maximum absolute atomic E-state index is 11.7. The third-order valence-corrected chi connectivity index (χ3v) is 4.31. The number of carbonyl (C=O) groups is 2. The Kier molecular flexibility index (Phi) is 7.98. The van der Waals surface area contributed by atoms with Gasteiger partial charge in [0.05, 0.1) is 0 Å². The molecule has 0 saturated heterocycles. The van der Waals surface area contributed by atoms with Gasteiger partial charge in [-0.15, -0.1) is 0 Å². The van der Waals surface area contributed by atoms with Crippen LogP contribution in [-0.2, 0) is 20.7 Å². The van der Waals surface area contributed by atoms with Gasteiger partial charge in [-0.1, -0.05) is 59.1 Å². The highest BCUT2D eigenvalue weighted by Gasteiger charge is 2.06. The minimum Gasteiger partial charge on any atom is -0.452 e. The Balaban J connectivity index is 1.71. The Bertz CT molecular complexity index is 821. The predicted octanol–water partition coefficient (Wildman–Crippen LogP) is 4.56. The van der Waals surface area contributed by atoms with E-state index < -0.39 is 11.9 Å². The lowest BCUT2D eigenvalue weighted by molar-refractivity contribution is -0.143. The smallest absolute Gasteiger partial charge is 0.331 e. The van der Waals surface area contributed by atoms with Crippen molar-refractivity contribution < 1.29 is 14.3 Å².